The van der Waals surface area contributed by atoms with Crippen LogP contribution in [0.2, 0.25) is 0 Å². The lowest BCUT2D eigenvalue weighted by molar-refractivity contribution is 1.13. The summed E-state index contributed by atoms with van der Waals surface area (Å²) in [5.74, 6) is 0. The Kier molecular flexibility index (Phi) is 6.96. The third-order valence-corrected chi connectivity index (χ3v) is 13.7. The molecule has 4 aromatic heterocycles. The fourth-order valence-electron chi connectivity index (χ4n) is 10.2. The van der Waals surface area contributed by atoms with Gasteiger partial charge in [-0.05, 0) is 57.6 Å². The van der Waals surface area contributed by atoms with Crippen LogP contribution in [0.4, 0.5) is 5.69 Å². The van der Waals surface area contributed by atoms with Crippen LogP contribution in [0.15, 0.2) is 176 Å². The first-order valence-electron chi connectivity index (χ1n) is 20.2. The molecule has 9 aromatic carbocycles. The van der Waals surface area contributed by atoms with Crippen LogP contribution >= 0.6 is 11.3 Å². The van der Waals surface area contributed by atoms with Crippen molar-refractivity contribution in [1.82, 2.24) is 14.1 Å². The van der Waals surface area contributed by atoms with Gasteiger partial charge in [-0.25, -0.2) is 4.85 Å². The molecule has 13 aromatic rings. The fraction of sp³-hybridized carbons (Fsp3) is 0. The summed E-state index contributed by atoms with van der Waals surface area (Å²) in [6, 6.07) is 59.8. The number of benzene rings is 9. The smallest absolute Gasteiger partial charge is 0.220 e. The zero-order valence-electron chi connectivity index (χ0n) is 32.4. The number of pyridine rings is 1. The molecule has 0 unspecified atom stereocenters. The molecule has 0 aliphatic rings. The Bertz CT molecular complexity index is 3980. The van der Waals surface area contributed by atoms with E-state index in [4.69, 9.17) is 11.6 Å². The van der Waals surface area contributed by atoms with Crippen molar-refractivity contribution < 1.29 is 0 Å². The number of fused-ring (bicyclic) bond motifs is 9. The highest BCUT2D eigenvalue weighted by atomic mass is 32.1. The molecule has 0 amide bonds. The van der Waals surface area contributed by atoms with Gasteiger partial charge in [0, 0.05) is 64.4 Å². The second-order valence-electron chi connectivity index (χ2n) is 15.6. The summed E-state index contributed by atoms with van der Waals surface area (Å²) in [7, 11) is 0. The minimum Gasteiger partial charge on any atom is -0.317 e. The Balaban J connectivity index is 1.32. The molecule has 0 saturated carbocycles. The van der Waals surface area contributed by atoms with E-state index < -0.39 is 0 Å². The van der Waals surface area contributed by atoms with E-state index >= 15 is 0 Å². The number of hydrogen-bond acceptors (Lipinski definition) is 3. The normalized spacial score (nSPS) is 11.9. The van der Waals surface area contributed by atoms with Gasteiger partial charge < -0.3 is 9.13 Å². The van der Waals surface area contributed by atoms with Crippen molar-refractivity contribution in [2.24, 2.45) is 0 Å². The number of thiophene rings is 1. The molecule has 5 nitrogen and oxygen atoms in total. The Morgan fingerprint density at radius 1 is 0.475 bits per heavy atom. The Morgan fingerprint density at radius 2 is 1.08 bits per heavy atom. The number of hydrogen-bond donors (Lipinski definition) is 0. The first-order valence-corrected chi connectivity index (χ1v) is 21.0. The SMILES string of the molecule is [C-]#[N+]c1c(-c2ccccc2)c(C#N)c(-n2c3ccccc3c3cc4sc5ccccc5c4cc32)c(-c2ccccc2)c1-n1c2cccc3c4ccccc4c4cncc1c4c32. The van der Waals surface area contributed by atoms with E-state index in [1.54, 1.807) is 11.3 Å². The minimum absolute atomic E-state index is 0.406. The molecule has 280 valence electrons. The van der Waals surface area contributed by atoms with Gasteiger partial charge in [-0.2, -0.15) is 5.26 Å². The maximum Gasteiger partial charge on any atom is 0.220 e. The average Bonchev–Trinajstić information content (AvgIpc) is 3.97. The standard InChI is InChI=1S/C55H29N5S/c1-57-53-49(32-15-4-2-5-16-32)41(29-56)54(59-43-24-12-10-21-36(43)39-28-48-40(27-45(39)59)37-22-11-13-26-47(37)61-48)50(33-17-6-3-7-18-33)55(53)60-44-25-14-23-38-34-19-8-9-20-35(34)42-30-58-31-46(60)52(42)51(38)44/h2-28,30-31H. The lowest BCUT2D eigenvalue weighted by Crippen LogP contribution is -2.08. The second-order valence-corrected chi connectivity index (χ2v) is 16.7. The fourth-order valence-corrected chi connectivity index (χ4v) is 11.3. The van der Waals surface area contributed by atoms with Crippen molar-refractivity contribution >= 4 is 102 Å². The van der Waals surface area contributed by atoms with E-state index in [9.17, 15) is 5.26 Å². The maximum absolute atomic E-state index is 11.7. The van der Waals surface area contributed by atoms with E-state index in [2.05, 4.69) is 135 Å². The Labute approximate surface area is 353 Å². The zero-order valence-corrected chi connectivity index (χ0v) is 33.2. The molecule has 0 N–H and O–H groups in total. The molecule has 0 aliphatic carbocycles. The van der Waals surface area contributed by atoms with Crippen LogP contribution in [-0.4, -0.2) is 14.1 Å². The highest BCUT2D eigenvalue weighted by Crippen LogP contribution is 2.53. The van der Waals surface area contributed by atoms with Crippen molar-refractivity contribution in [2.75, 3.05) is 0 Å². The number of rotatable bonds is 4. The van der Waals surface area contributed by atoms with Gasteiger partial charge in [0.2, 0.25) is 5.69 Å². The molecule has 0 saturated heterocycles. The third kappa shape index (κ3) is 4.49. The van der Waals surface area contributed by atoms with Crippen LogP contribution in [0.25, 0.3) is 124 Å². The van der Waals surface area contributed by atoms with E-state index in [1.807, 2.05) is 60.9 Å². The van der Waals surface area contributed by atoms with Gasteiger partial charge in [-0.1, -0.05) is 133 Å². The monoisotopic (exact) mass is 791 g/mol. The summed E-state index contributed by atoms with van der Waals surface area (Å²) in [6.07, 6.45) is 3.92. The lowest BCUT2D eigenvalue weighted by Gasteiger charge is -2.25. The average molecular weight is 792 g/mol. The molecular formula is C55H29N5S. The van der Waals surface area contributed by atoms with E-state index in [1.165, 1.54) is 20.2 Å². The van der Waals surface area contributed by atoms with Crippen LogP contribution in [0.1, 0.15) is 5.56 Å². The number of nitriles is 1. The van der Waals surface area contributed by atoms with Crippen molar-refractivity contribution in [1.29, 1.82) is 5.26 Å². The van der Waals surface area contributed by atoms with Gasteiger partial charge in [-0.3, -0.25) is 4.98 Å². The quantitative estimate of drug-likeness (QED) is 0.132. The summed E-state index contributed by atoms with van der Waals surface area (Å²) in [4.78, 5) is 9.39. The Morgan fingerprint density at radius 3 is 1.84 bits per heavy atom. The van der Waals surface area contributed by atoms with Crippen LogP contribution in [0, 0.1) is 17.9 Å². The number of aromatic nitrogens is 3. The first-order chi connectivity index (χ1) is 30.2. The molecule has 4 heterocycles. The van der Waals surface area contributed by atoms with Crippen molar-refractivity contribution in [3.63, 3.8) is 0 Å². The zero-order chi connectivity index (χ0) is 40.3. The predicted octanol–water partition coefficient (Wildman–Crippen LogP) is 15.1. The summed E-state index contributed by atoms with van der Waals surface area (Å²) < 4.78 is 7.02. The van der Waals surface area contributed by atoms with Crippen molar-refractivity contribution in [3.8, 4) is 39.7 Å². The first kappa shape index (κ1) is 33.7. The van der Waals surface area contributed by atoms with E-state index in [0.29, 0.717) is 22.5 Å². The molecule has 0 spiro atoms. The lowest BCUT2D eigenvalue weighted by atomic mass is 9.88. The minimum atomic E-state index is 0.406. The van der Waals surface area contributed by atoms with Gasteiger partial charge in [-0.15, -0.1) is 11.3 Å². The summed E-state index contributed by atoms with van der Waals surface area (Å²) >= 11 is 1.80. The second kappa shape index (κ2) is 12.6. The van der Waals surface area contributed by atoms with Gasteiger partial charge in [0.25, 0.3) is 0 Å². The van der Waals surface area contributed by atoms with Crippen LogP contribution in [-0.2, 0) is 0 Å². The molecular weight excluding hydrogens is 763 g/mol. The van der Waals surface area contributed by atoms with E-state index in [-0.39, 0.29) is 0 Å². The molecule has 0 radical (unpaired) electrons. The largest absolute Gasteiger partial charge is 0.317 e. The topological polar surface area (TPSA) is 50.9 Å². The van der Waals surface area contributed by atoms with E-state index in [0.717, 1.165) is 87.5 Å². The predicted molar refractivity (Wildman–Crippen MR) is 254 cm³/mol. The van der Waals surface area contributed by atoms with Gasteiger partial charge in [0.15, 0.2) is 0 Å². The number of para-hydroxylation sites is 1. The molecule has 0 fully saturated rings. The van der Waals surface area contributed by atoms with Gasteiger partial charge in [0.05, 0.1) is 51.8 Å². The highest BCUT2D eigenvalue weighted by Gasteiger charge is 2.32. The molecule has 6 heteroatoms. The Hall–Kier alpha value is -8.29. The summed E-state index contributed by atoms with van der Waals surface area (Å²) in [6.45, 7) is 9.16. The maximum atomic E-state index is 11.7. The van der Waals surface area contributed by atoms with Crippen LogP contribution < -0.4 is 0 Å². The van der Waals surface area contributed by atoms with Crippen molar-refractivity contribution in [2.45, 2.75) is 0 Å². The molecule has 13 rings (SSSR count). The van der Waals surface area contributed by atoms with Gasteiger partial charge in [0.1, 0.15) is 6.07 Å². The third-order valence-electron chi connectivity index (χ3n) is 12.6. The summed E-state index contributed by atoms with van der Waals surface area (Å²) in [5, 5.41) is 23.0. The van der Waals surface area contributed by atoms with Crippen LogP contribution in [0.5, 0.6) is 0 Å². The highest BCUT2D eigenvalue weighted by molar-refractivity contribution is 7.25. The molecule has 0 bridgehead atoms. The van der Waals surface area contributed by atoms with Crippen molar-refractivity contribution in [3.05, 3.63) is 193 Å². The van der Waals surface area contributed by atoms with Crippen LogP contribution in [0.3, 0.4) is 0 Å². The summed E-state index contributed by atoms with van der Waals surface area (Å²) in [5.41, 5.74) is 9.24. The number of nitrogens with zero attached hydrogens (tertiary/aromatic N) is 5. The molecule has 61 heavy (non-hydrogen) atoms. The molecule has 0 atom stereocenters. The molecule has 0 aliphatic heterocycles. The van der Waals surface area contributed by atoms with Gasteiger partial charge >= 0.3 is 0 Å².